The molecule has 0 radical (unpaired) electrons. The summed E-state index contributed by atoms with van der Waals surface area (Å²) in [6, 6.07) is 5.49. The molecule has 3 rings (SSSR count). The highest BCUT2D eigenvalue weighted by Crippen LogP contribution is 2.28. The molecule has 3 aromatic rings. The van der Waals surface area contributed by atoms with E-state index >= 15 is 0 Å². The molecule has 0 bridgehead atoms. The van der Waals surface area contributed by atoms with Crippen LogP contribution >= 0.6 is 23.2 Å². The first kappa shape index (κ1) is 13.9. The summed E-state index contributed by atoms with van der Waals surface area (Å²) in [6.07, 6.45) is 1.64. The molecule has 0 aliphatic carbocycles. The van der Waals surface area contributed by atoms with Gasteiger partial charge in [-0.05, 0) is 23.7 Å². The van der Waals surface area contributed by atoms with Crippen molar-refractivity contribution in [2.24, 2.45) is 0 Å². The topological polar surface area (TPSA) is 75.7 Å². The summed E-state index contributed by atoms with van der Waals surface area (Å²) in [5, 5.41) is 11.4. The van der Waals surface area contributed by atoms with Crippen LogP contribution in [0.2, 0.25) is 10.3 Å². The molecule has 0 fully saturated rings. The highest BCUT2D eigenvalue weighted by molar-refractivity contribution is 6.31. The molecule has 0 aliphatic rings. The van der Waals surface area contributed by atoms with Gasteiger partial charge >= 0.3 is 0 Å². The number of rotatable bonds is 4. The zero-order chi connectivity index (χ0) is 14.8. The summed E-state index contributed by atoms with van der Waals surface area (Å²) in [7, 11) is 1.60. The molecule has 0 saturated heterocycles. The Bertz CT molecular complexity index is 789. The van der Waals surface area contributed by atoms with Crippen LogP contribution in [0.3, 0.4) is 0 Å². The van der Waals surface area contributed by atoms with Gasteiger partial charge in [0.15, 0.2) is 5.65 Å². The first-order valence-corrected chi connectivity index (χ1v) is 6.86. The third-order valence-corrected chi connectivity index (χ3v) is 3.53. The van der Waals surface area contributed by atoms with Crippen molar-refractivity contribution >= 4 is 40.1 Å². The number of nitrogens with zero attached hydrogens (tertiary/aromatic N) is 3. The highest BCUT2D eigenvalue weighted by atomic mass is 35.5. The van der Waals surface area contributed by atoms with E-state index in [2.05, 4.69) is 25.5 Å². The van der Waals surface area contributed by atoms with Gasteiger partial charge in [-0.3, -0.25) is 5.10 Å². The predicted octanol–water partition coefficient (Wildman–Crippen LogP) is 3.28. The van der Waals surface area contributed by atoms with E-state index in [0.29, 0.717) is 28.8 Å². The van der Waals surface area contributed by atoms with Crippen LogP contribution in [0.4, 0.5) is 5.82 Å². The van der Waals surface area contributed by atoms with Crippen molar-refractivity contribution in [1.82, 2.24) is 20.2 Å². The van der Waals surface area contributed by atoms with Crippen LogP contribution in [-0.4, -0.2) is 27.3 Å². The number of halogens is 2. The van der Waals surface area contributed by atoms with Gasteiger partial charge < -0.3 is 10.1 Å². The lowest BCUT2D eigenvalue weighted by Crippen LogP contribution is -2.05. The third-order valence-electron chi connectivity index (χ3n) is 3.01. The molecule has 2 heterocycles. The van der Waals surface area contributed by atoms with Gasteiger partial charge in [-0.25, -0.2) is 0 Å². The highest BCUT2D eigenvalue weighted by Gasteiger charge is 2.11. The van der Waals surface area contributed by atoms with Crippen molar-refractivity contribution in [2.75, 3.05) is 12.4 Å². The number of nitrogens with one attached hydrogen (secondary N) is 2. The molecule has 0 unspecified atom stereocenters. The Balaban J connectivity index is 1.92. The lowest BCUT2D eigenvalue weighted by Gasteiger charge is -2.12. The summed E-state index contributed by atoms with van der Waals surface area (Å²) in [6.45, 7) is 0.441. The smallest absolute Gasteiger partial charge is 0.226 e. The Kier molecular flexibility index (Phi) is 3.81. The van der Waals surface area contributed by atoms with Crippen LogP contribution < -0.4 is 10.1 Å². The van der Waals surface area contributed by atoms with E-state index in [4.69, 9.17) is 27.9 Å². The maximum Gasteiger partial charge on any atom is 0.226 e. The number of hydrogen-bond donors (Lipinski definition) is 2. The van der Waals surface area contributed by atoms with Crippen LogP contribution in [-0.2, 0) is 6.54 Å². The molecule has 2 aromatic heterocycles. The largest absolute Gasteiger partial charge is 0.496 e. The summed E-state index contributed by atoms with van der Waals surface area (Å²) >= 11 is 12.1. The number of anilines is 1. The van der Waals surface area contributed by atoms with Crippen molar-refractivity contribution in [3.05, 3.63) is 40.3 Å². The van der Waals surface area contributed by atoms with E-state index in [1.165, 1.54) is 0 Å². The summed E-state index contributed by atoms with van der Waals surface area (Å²) in [4.78, 5) is 8.22. The number of aromatic nitrogens is 4. The van der Waals surface area contributed by atoms with Crippen molar-refractivity contribution in [1.29, 1.82) is 0 Å². The lowest BCUT2D eigenvalue weighted by molar-refractivity contribution is 0.410. The number of methoxy groups -OCH3 is 1. The first-order chi connectivity index (χ1) is 10.2. The molecule has 0 aliphatic heterocycles. The number of fused-ring (bicyclic) bond motifs is 1. The monoisotopic (exact) mass is 323 g/mol. The van der Waals surface area contributed by atoms with E-state index < -0.39 is 0 Å². The second-order valence-corrected chi connectivity index (χ2v) is 4.99. The molecule has 0 spiro atoms. The Morgan fingerprint density at radius 2 is 2.14 bits per heavy atom. The minimum atomic E-state index is 0.139. The normalized spacial score (nSPS) is 10.8. The summed E-state index contributed by atoms with van der Waals surface area (Å²) in [5.41, 5.74) is 1.41. The van der Waals surface area contributed by atoms with E-state index in [0.717, 1.165) is 10.9 Å². The number of H-pyrrole nitrogens is 1. The van der Waals surface area contributed by atoms with Crippen LogP contribution in [0.25, 0.3) is 11.0 Å². The molecule has 0 saturated carbocycles. The average molecular weight is 324 g/mol. The maximum atomic E-state index is 6.21. The van der Waals surface area contributed by atoms with Gasteiger partial charge in [0.25, 0.3) is 0 Å². The van der Waals surface area contributed by atoms with E-state index in [1.54, 1.807) is 13.3 Å². The number of aromatic amines is 1. The molecule has 1 aromatic carbocycles. The van der Waals surface area contributed by atoms with Gasteiger partial charge in [-0.2, -0.15) is 15.1 Å². The fourth-order valence-electron chi connectivity index (χ4n) is 2.02. The quantitative estimate of drug-likeness (QED) is 0.720. The minimum absolute atomic E-state index is 0.139. The number of benzene rings is 1. The Hall–Kier alpha value is -2.05. The predicted molar refractivity (Wildman–Crippen MR) is 82.0 cm³/mol. The van der Waals surface area contributed by atoms with Crippen LogP contribution in [0.15, 0.2) is 24.4 Å². The van der Waals surface area contributed by atoms with Gasteiger partial charge in [-0.15, -0.1) is 0 Å². The van der Waals surface area contributed by atoms with E-state index in [9.17, 15) is 0 Å². The SMILES string of the molecule is COc1cccc(Cl)c1CNc1nc(Cl)nc2[nH]ncc12. The van der Waals surface area contributed by atoms with Crippen LogP contribution in [0.1, 0.15) is 5.56 Å². The fourth-order valence-corrected chi connectivity index (χ4v) is 2.42. The molecular weight excluding hydrogens is 313 g/mol. The van der Waals surface area contributed by atoms with Gasteiger partial charge in [-0.1, -0.05) is 17.7 Å². The Morgan fingerprint density at radius 1 is 1.29 bits per heavy atom. The van der Waals surface area contributed by atoms with Gasteiger partial charge in [0.1, 0.15) is 11.6 Å². The fraction of sp³-hybridized carbons (Fsp3) is 0.154. The molecule has 108 valence electrons. The average Bonchev–Trinajstić information content (AvgIpc) is 2.93. The van der Waals surface area contributed by atoms with E-state index in [-0.39, 0.29) is 5.28 Å². The second-order valence-electron chi connectivity index (χ2n) is 4.25. The van der Waals surface area contributed by atoms with Crippen molar-refractivity contribution in [2.45, 2.75) is 6.54 Å². The molecule has 6 nitrogen and oxygen atoms in total. The van der Waals surface area contributed by atoms with Gasteiger partial charge in [0.2, 0.25) is 5.28 Å². The second kappa shape index (κ2) is 5.75. The summed E-state index contributed by atoms with van der Waals surface area (Å²) < 4.78 is 5.31. The van der Waals surface area contributed by atoms with Gasteiger partial charge in [0.05, 0.1) is 18.7 Å². The molecule has 21 heavy (non-hydrogen) atoms. The van der Waals surface area contributed by atoms with Crippen molar-refractivity contribution in [3.8, 4) is 5.75 Å². The van der Waals surface area contributed by atoms with Crippen molar-refractivity contribution in [3.63, 3.8) is 0 Å². The molecule has 2 N–H and O–H groups in total. The molecule has 0 amide bonds. The van der Waals surface area contributed by atoms with E-state index in [1.807, 2.05) is 18.2 Å². The Morgan fingerprint density at radius 3 is 2.95 bits per heavy atom. The lowest BCUT2D eigenvalue weighted by atomic mass is 10.2. The number of ether oxygens (including phenoxy) is 1. The first-order valence-electron chi connectivity index (χ1n) is 6.11. The summed E-state index contributed by atoms with van der Waals surface area (Å²) in [5.74, 6) is 1.29. The van der Waals surface area contributed by atoms with Gasteiger partial charge in [0, 0.05) is 17.1 Å². The van der Waals surface area contributed by atoms with Crippen molar-refractivity contribution < 1.29 is 4.74 Å². The Labute approximate surface area is 130 Å². The zero-order valence-corrected chi connectivity index (χ0v) is 12.5. The zero-order valence-electron chi connectivity index (χ0n) is 11.0. The molecular formula is C13H11Cl2N5O. The maximum absolute atomic E-state index is 6.21. The minimum Gasteiger partial charge on any atom is -0.496 e. The molecule has 0 atom stereocenters. The molecule has 8 heteroatoms. The van der Waals surface area contributed by atoms with Crippen LogP contribution in [0.5, 0.6) is 5.75 Å². The number of hydrogen-bond acceptors (Lipinski definition) is 5. The standard InChI is InChI=1S/C13H11Cl2N5O/c1-21-10-4-2-3-9(14)7(10)5-16-11-8-6-17-20-12(8)19-13(15)18-11/h2-4,6H,5H2,1H3,(H2,16,17,18,19,20). The van der Waals surface area contributed by atoms with Crippen LogP contribution in [0, 0.1) is 0 Å². The third kappa shape index (κ3) is 2.72.